The first kappa shape index (κ1) is 13.7. The van der Waals surface area contributed by atoms with Gasteiger partial charge in [0.15, 0.2) is 0 Å². The fourth-order valence-electron chi connectivity index (χ4n) is 3.08. The lowest BCUT2D eigenvalue weighted by Gasteiger charge is -2.42. The summed E-state index contributed by atoms with van der Waals surface area (Å²) in [4.78, 5) is 14.9. The van der Waals surface area contributed by atoms with Crippen LogP contribution in [0.1, 0.15) is 44.9 Å². The molecule has 2 aliphatic carbocycles. The quantitative estimate of drug-likeness (QED) is 0.737. The van der Waals surface area contributed by atoms with E-state index in [0.717, 1.165) is 38.5 Å². The Morgan fingerprint density at radius 1 is 1.33 bits per heavy atom. The first-order valence-corrected chi connectivity index (χ1v) is 7.24. The number of rotatable bonds is 5. The van der Waals surface area contributed by atoms with Gasteiger partial charge in [-0.05, 0) is 32.1 Å². The normalized spacial score (nSPS) is 22.5. The van der Waals surface area contributed by atoms with Crippen LogP contribution in [0.25, 0.3) is 0 Å². The van der Waals surface area contributed by atoms with Crippen LogP contribution in [0.5, 0.6) is 0 Å². The summed E-state index contributed by atoms with van der Waals surface area (Å²) in [5.41, 5.74) is 5.22. The fourth-order valence-corrected chi connectivity index (χ4v) is 3.37. The average molecular weight is 270 g/mol. The van der Waals surface area contributed by atoms with Crippen molar-refractivity contribution in [1.29, 1.82) is 0 Å². The molecule has 18 heavy (non-hydrogen) atoms. The van der Waals surface area contributed by atoms with Crippen LogP contribution >= 0.6 is 12.2 Å². The molecule has 1 amide bonds. The SMILES string of the molecule is NC(=S)C1(C(=O)N(CCO)C2CCC2)CCCC1. The van der Waals surface area contributed by atoms with Gasteiger partial charge in [0.05, 0.1) is 17.0 Å². The van der Waals surface area contributed by atoms with E-state index in [1.807, 2.05) is 4.90 Å². The van der Waals surface area contributed by atoms with Crippen LogP contribution in [-0.4, -0.2) is 40.1 Å². The summed E-state index contributed by atoms with van der Waals surface area (Å²) in [6, 6.07) is 0.288. The minimum absolute atomic E-state index is 0.00958. The van der Waals surface area contributed by atoms with E-state index in [9.17, 15) is 4.79 Å². The number of aliphatic hydroxyl groups is 1. The number of hydrogen-bond donors (Lipinski definition) is 2. The maximum Gasteiger partial charge on any atom is 0.235 e. The molecule has 0 saturated heterocycles. The predicted molar refractivity (Wildman–Crippen MR) is 74.1 cm³/mol. The van der Waals surface area contributed by atoms with Crippen LogP contribution in [0.3, 0.4) is 0 Å². The van der Waals surface area contributed by atoms with Crippen molar-refractivity contribution < 1.29 is 9.90 Å². The van der Waals surface area contributed by atoms with Crippen molar-refractivity contribution in [3.05, 3.63) is 0 Å². The van der Waals surface area contributed by atoms with E-state index >= 15 is 0 Å². The number of carbonyl (C=O) groups excluding carboxylic acids is 1. The van der Waals surface area contributed by atoms with Crippen LogP contribution < -0.4 is 5.73 Å². The van der Waals surface area contributed by atoms with Gasteiger partial charge in [0.1, 0.15) is 0 Å². The van der Waals surface area contributed by atoms with Crippen molar-refractivity contribution in [3.8, 4) is 0 Å². The monoisotopic (exact) mass is 270 g/mol. The zero-order chi connectivity index (χ0) is 13.2. The third-order valence-electron chi connectivity index (χ3n) is 4.46. The van der Waals surface area contributed by atoms with Gasteiger partial charge in [-0.15, -0.1) is 0 Å². The van der Waals surface area contributed by atoms with Gasteiger partial charge in [-0.25, -0.2) is 0 Å². The molecule has 102 valence electrons. The number of amides is 1. The second-order valence-electron chi connectivity index (χ2n) is 5.46. The molecule has 2 aliphatic rings. The molecular formula is C13H22N2O2S. The third kappa shape index (κ3) is 2.26. The van der Waals surface area contributed by atoms with Gasteiger partial charge in [-0.2, -0.15) is 0 Å². The van der Waals surface area contributed by atoms with Crippen molar-refractivity contribution in [3.63, 3.8) is 0 Å². The van der Waals surface area contributed by atoms with Gasteiger partial charge in [-0.3, -0.25) is 4.79 Å². The number of thiocarbonyl (C=S) groups is 1. The fraction of sp³-hybridized carbons (Fsp3) is 0.846. The second kappa shape index (κ2) is 5.53. The third-order valence-corrected chi connectivity index (χ3v) is 4.85. The summed E-state index contributed by atoms with van der Waals surface area (Å²) >= 11 is 5.16. The summed E-state index contributed by atoms with van der Waals surface area (Å²) in [6.45, 7) is 0.420. The molecule has 0 aromatic heterocycles. The number of carbonyl (C=O) groups is 1. The first-order valence-electron chi connectivity index (χ1n) is 6.83. The van der Waals surface area contributed by atoms with Crippen LogP contribution in [-0.2, 0) is 4.79 Å². The Bertz CT molecular complexity index is 336. The maximum atomic E-state index is 12.8. The van der Waals surface area contributed by atoms with E-state index in [4.69, 9.17) is 23.1 Å². The molecular weight excluding hydrogens is 248 g/mol. The molecule has 0 radical (unpaired) electrons. The molecule has 0 heterocycles. The number of nitrogens with two attached hydrogens (primary N) is 1. The molecule has 3 N–H and O–H groups in total. The van der Waals surface area contributed by atoms with E-state index in [1.165, 1.54) is 6.42 Å². The standard InChI is InChI=1S/C13H22N2O2S/c14-11(18)13(6-1-2-7-13)12(17)15(8-9-16)10-4-3-5-10/h10,16H,1-9H2,(H2,14,18). The molecule has 0 atom stereocenters. The molecule has 0 unspecified atom stereocenters. The van der Waals surface area contributed by atoms with E-state index < -0.39 is 5.41 Å². The van der Waals surface area contributed by atoms with Crippen molar-refractivity contribution in [2.24, 2.45) is 11.1 Å². The smallest absolute Gasteiger partial charge is 0.235 e. The highest BCUT2D eigenvalue weighted by molar-refractivity contribution is 7.80. The van der Waals surface area contributed by atoms with Crippen LogP contribution in [0, 0.1) is 5.41 Å². The van der Waals surface area contributed by atoms with E-state index in [0.29, 0.717) is 11.5 Å². The molecule has 0 aliphatic heterocycles. The Morgan fingerprint density at radius 2 is 1.94 bits per heavy atom. The summed E-state index contributed by atoms with van der Waals surface area (Å²) in [6.07, 6.45) is 6.82. The van der Waals surface area contributed by atoms with Crippen LogP contribution in [0.15, 0.2) is 0 Å². The van der Waals surface area contributed by atoms with Gasteiger partial charge >= 0.3 is 0 Å². The highest BCUT2D eigenvalue weighted by atomic mass is 32.1. The number of hydrogen-bond acceptors (Lipinski definition) is 3. The van der Waals surface area contributed by atoms with Crippen LogP contribution in [0.4, 0.5) is 0 Å². The largest absolute Gasteiger partial charge is 0.395 e. The lowest BCUT2D eigenvalue weighted by molar-refractivity contribution is -0.143. The lowest BCUT2D eigenvalue weighted by Crippen LogP contribution is -2.54. The molecule has 0 bridgehead atoms. The topological polar surface area (TPSA) is 66.6 Å². The summed E-state index contributed by atoms with van der Waals surface area (Å²) in [5.74, 6) is 0.0613. The van der Waals surface area contributed by atoms with E-state index in [1.54, 1.807) is 0 Å². The Balaban J connectivity index is 2.17. The highest BCUT2D eigenvalue weighted by Gasteiger charge is 2.47. The van der Waals surface area contributed by atoms with Gasteiger partial charge in [0, 0.05) is 12.6 Å². The molecule has 2 fully saturated rings. The molecule has 2 saturated carbocycles. The Labute approximate surface area is 114 Å². The van der Waals surface area contributed by atoms with Crippen LogP contribution in [0.2, 0.25) is 0 Å². The zero-order valence-corrected chi connectivity index (χ0v) is 11.5. The molecule has 0 aromatic rings. The number of aliphatic hydroxyl groups excluding tert-OH is 1. The highest BCUT2D eigenvalue weighted by Crippen LogP contribution is 2.41. The molecule has 0 spiro atoms. The molecule has 2 rings (SSSR count). The Morgan fingerprint density at radius 3 is 2.33 bits per heavy atom. The van der Waals surface area contributed by atoms with Gasteiger partial charge in [0.25, 0.3) is 0 Å². The second-order valence-corrected chi connectivity index (χ2v) is 5.90. The molecule has 0 aromatic carbocycles. The summed E-state index contributed by atoms with van der Waals surface area (Å²) in [7, 11) is 0. The molecule has 4 nitrogen and oxygen atoms in total. The van der Waals surface area contributed by atoms with Crippen molar-refractivity contribution in [2.75, 3.05) is 13.2 Å². The number of nitrogens with zero attached hydrogens (tertiary/aromatic N) is 1. The average Bonchev–Trinajstić information content (AvgIpc) is 2.75. The van der Waals surface area contributed by atoms with Gasteiger partial charge in [0.2, 0.25) is 5.91 Å². The predicted octanol–water partition coefficient (Wildman–Crippen LogP) is 1.21. The Kier molecular flexibility index (Phi) is 4.22. The maximum absolute atomic E-state index is 12.8. The minimum atomic E-state index is -0.625. The summed E-state index contributed by atoms with van der Waals surface area (Å²) in [5, 5.41) is 9.16. The van der Waals surface area contributed by atoms with Gasteiger partial charge < -0.3 is 15.7 Å². The van der Waals surface area contributed by atoms with E-state index in [-0.39, 0.29) is 18.6 Å². The minimum Gasteiger partial charge on any atom is -0.395 e. The Hall–Kier alpha value is -0.680. The van der Waals surface area contributed by atoms with E-state index in [2.05, 4.69) is 0 Å². The van der Waals surface area contributed by atoms with Crippen molar-refractivity contribution >= 4 is 23.1 Å². The summed E-state index contributed by atoms with van der Waals surface area (Å²) < 4.78 is 0. The zero-order valence-electron chi connectivity index (χ0n) is 10.7. The van der Waals surface area contributed by atoms with Crippen molar-refractivity contribution in [2.45, 2.75) is 51.0 Å². The molecule has 5 heteroatoms. The lowest BCUT2D eigenvalue weighted by atomic mass is 9.82. The van der Waals surface area contributed by atoms with Gasteiger partial charge in [-0.1, -0.05) is 25.1 Å². The van der Waals surface area contributed by atoms with Crippen molar-refractivity contribution in [1.82, 2.24) is 4.90 Å². The first-order chi connectivity index (χ1) is 8.62.